The van der Waals surface area contributed by atoms with Gasteiger partial charge >= 0.3 is 0 Å². The Morgan fingerprint density at radius 1 is 1.12 bits per heavy atom. The van der Waals surface area contributed by atoms with Gasteiger partial charge in [0, 0.05) is 5.56 Å². The fourth-order valence-corrected chi connectivity index (χ4v) is 3.59. The first-order valence-corrected chi connectivity index (χ1v) is 9.62. The van der Waals surface area contributed by atoms with Crippen molar-refractivity contribution in [3.05, 3.63) is 63.5 Å². The lowest BCUT2D eigenvalue weighted by Crippen LogP contribution is -2.24. The highest BCUT2D eigenvalue weighted by Crippen LogP contribution is 2.14. The van der Waals surface area contributed by atoms with E-state index >= 15 is 0 Å². The van der Waals surface area contributed by atoms with E-state index in [0.717, 1.165) is 6.42 Å². The van der Waals surface area contributed by atoms with Gasteiger partial charge in [0.15, 0.2) is 5.78 Å². The lowest BCUT2D eigenvalue weighted by Gasteiger charge is -2.06. The number of Topliss-reactive ketones (excluding diaryl/α,β-unsaturated/α-hetero) is 1. The summed E-state index contributed by atoms with van der Waals surface area (Å²) in [5.74, 6) is -0.0731. The molecular formula is C20H22N2O2S. The Morgan fingerprint density at radius 3 is 2.68 bits per heavy atom. The largest absolute Gasteiger partial charge is 0.292 e. The molecular weight excluding hydrogens is 332 g/mol. The monoisotopic (exact) mass is 354 g/mol. The molecule has 0 radical (unpaired) electrons. The van der Waals surface area contributed by atoms with Crippen molar-refractivity contribution in [1.82, 2.24) is 9.55 Å². The molecule has 0 saturated heterocycles. The van der Waals surface area contributed by atoms with Crippen LogP contribution in [0.15, 0.2) is 46.8 Å². The molecule has 25 heavy (non-hydrogen) atoms. The van der Waals surface area contributed by atoms with Crippen LogP contribution in [0.3, 0.4) is 0 Å². The van der Waals surface area contributed by atoms with Gasteiger partial charge in [-0.05, 0) is 29.9 Å². The van der Waals surface area contributed by atoms with Crippen LogP contribution >= 0.6 is 11.3 Å². The van der Waals surface area contributed by atoms with Crippen molar-refractivity contribution in [2.45, 2.75) is 45.6 Å². The normalized spacial score (nSPS) is 11.1. The van der Waals surface area contributed by atoms with Crippen molar-refractivity contribution in [2.24, 2.45) is 0 Å². The van der Waals surface area contributed by atoms with Crippen molar-refractivity contribution >= 4 is 27.3 Å². The minimum absolute atomic E-state index is 0.0213. The van der Waals surface area contributed by atoms with E-state index in [2.05, 4.69) is 11.9 Å². The molecule has 0 unspecified atom stereocenters. The molecule has 0 bridgehead atoms. The number of hydrogen-bond donors (Lipinski definition) is 0. The number of nitrogens with zero attached hydrogens (tertiary/aromatic N) is 2. The van der Waals surface area contributed by atoms with Crippen molar-refractivity contribution in [2.75, 3.05) is 0 Å². The van der Waals surface area contributed by atoms with E-state index in [-0.39, 0.29) is 17.9 Å². The number of ketones is 1. The number of carbonyl (C=O) groups is 1. The summed E-state index contributed by atoms with van der Waals surface area (Å²) in [7, 11) is 0. The van der Waals surface area contributed by atoms with Gasteiger partial charge in [0.2, 0.25) is 0 Å². The molecule has 4 nitrogen and oxygen atoms in total. The van der Waals surface area contributed by atoms with Crippen LogP contribution in [-0.4, -0.2) is 15.3 Å². The zero-order chi connectivity index (χ0) is 17.6. The summed E-state index contributed by atoms with van der Waals surface area (Å²) in [6, 6.07) is 9.51. The van der Waals surface area contributed by atoms with Gasteiger partial charge in [-0.3, -0.25) is 14.2 Å². The number of thiophene rings is 1. The number of unbranched alkanes of at least 4 members (excludes halogenated alkanes) is 3. The van der Waals surface area contributed by atoms with Crippen LogP contribution in [0.2, 0.25) is 0 Å². The third-order valence-corrected chi connectivity index (χ3v) is 5.18. The maximum Gasteiger partial charge on any atom is 0.262 e. The van der Waals surface area contributed by atoms with Crippen LogP contribution < -0.4 is 5.56 Å². The predicted octanol–water partition coefficient (Wildman–Crippen LogP) is 4.46. The molecule has 3 rings (SSSR count). The van der Waals surface area contributed by atoms with E-state index in [1.54, 1.807) is 6.07 Å². The molecule has 0 saturated carbocycles. The summed E-state index contributed by atoms with van der Waals surface area (Å²) in [5.41, 5.74) is 1.73. The van der Waals surface area contributed by atoms with E-state index in [0.29, 0.717) is 15.8 Å². The Balaban J connectivity index is 1.66. The first-order chi connectivity index (χ1) is 12.2. The van der Waals surface area contributed by atoms with Crippen LogP contribution in [0.4, 0.5) is 0 Å². The third kappa shape index (κ3) is 4.23. The average molecular weight is 354 g/mol. The Morgan fingerprint density at radius 2 is 1.92 bits per heavy atom. The Hall–Kier alpha value is -2.27. The summed E-state index contributed by atoms with van der Waals surface area (Å²) >= 11 is 1.43. The quantitative estimate of drug-likeness (QED) is 0.443. The Kier molecular flexibility index (Phi) is 5.76. The molecule has 0 aliphatic carbocycles. The van der Waals surface area contributed by atoms with E-state index < -0.39 is 0 Å². The van der Waals surface area contributed by atoms with E-state index in [4.69, 9.17) is 0 Å². The van der Waals surface area contributed by atoms with Gasteiger partial charge in [0.25, 0.3) is 5.56 Å². The molecule has 0 spiro atoms. The number of rotatable bonds is 8. The molecule has 2 aromatic heterocycles. The highest BCUT2D eigenvalue weighted by atomic mass is 32.1. The molecule has 0 aliphatic heterocycles. The predicted molar refractivity (Wildman–Crippen MR) is 102 cm³/mol. The van der Waals surface area contributed by atoms with Crippen LogP contribution in [0.25, 0.3) is 10.2 Å². The van der Waals surface area contributed by atoms with Crippen LogP contribution in [0, 0.1) is 0 Å². The van der Waals surface area contributed by atoms with E-state index in [9.17, 15) is 9.59 Å². The first kappa shape index (κ1) is 17.5. The van der Waals surface area contributed by atoms with Gasteiger partial charge in [0.1, 0.15) is 4.83 Å². The van der Waals surface area contributed by atoms with Gasteiger partial charge in [-0.25, -0.2) is 4.98 Å². The molecule has 1 aromatic carbocycles. The zero-order valence-corrected chi connectivity index (χ0v) is 15.2. The number of hydrogen-bond acceptors (Lipinski definition) is 4. The summed E-state index contributed by atoms with van der Waals surface area (Å²) in [6.07, 6.45) is 7.45. The molecule has 0 fully saturated rings. The molecule has 0 amide bonds. The standard InChI is InChI=1S/C20H22N2O2S/c1-2-3-4-5-6-15-7-9-16(10-8-15)18(23)13-22-14-21-19-17(20(22)24)11-12-25-19/h7-12,14H,2-6,13H2,1H3. The second-order valence-electron chi connectivity index (χ2n) is 6.25. The molecule has 3 aromatic rings. The number of aryl methyl sites for hydroxylation is 1. The van der Waals surface area contributed by atoms with Crippen LogP contribution in [-0.2, 0) is 13.0 Å². The molecule has 130 valence electrons. The topological polar surface area (TPSA) is 52.0 Å². The Labute approximate surface area is 151 Å². The maximum absolute atomic E-state index is 12.5. The van der Waals surface area contributed by atoms with Crippen LogP contribution in [0.5, 0.6) is 0 Å². The number of fused-ring (bicyclic) bond motifs is 1. The summed E-state index contributed by atoms with van der Waals surface area (Å²) in [4.78, 5) is 29.8. The van der Waals surface area contributed by atoms with Gasteiger partial charge in [-0.2, -0.15) is 0 Å². The van der Waals surface area contributed by atoms with Crippen molar-refractivity contribution in [3.8, 4) is 0 Å². The summed E-state index contributed by atoms with van der Waals surface area (Å²) in [5, 5.41) is 2.41. The lowest BCUT2D eigenvalue weighted by atomic mass is 10.0. The second kappa shape index (κ2) is 8.21. The average Bonchev–Trinajstić information content (AvgIpc) is 3.11. The zero-order valence-electron chi connectivity index (χ0n) is 14.4. The van der Waals surface area contributed by atoms with Crippen molar-refractivity contribution in [3.63, 3.8) is 0 Å². The van der Waals surface area contributed by atoms with E-state index in [1.807, 2.05) is 29.6 Å². The summed E-state index contributed by atoms with van der Waals surface area (Å²) < 4.78 is 1.38. The van der Waals surface area contributed by atoms with Crippen molar-refractivity contribution < 1.29 is 4.79 Å². The molecule has 2 heterocycles. The van der Waals surface area contributed by atoms with Gasteiger partial charge in [-0.1, -0.05) is 50.5 Å². The highest BCUT2D eigenvalue weighted by Gasteiger charge is 2.11. The summed E-state index contributed by atoms with van der Waals surface area (Å²) in [6.45, 7) is 2.23. The fraction of sp³-hybridized carbons (Fsp3) is 0.350. The van der Waals surface area contributed by atoms with Gasteiger partial charge in [0.05, 0.1) is 18.3 Å². The minimum Gasteiger partial charge on any atom is -0.292 e. The Bertz CT molecular complexity index is 909. The molecule has 0 aliphatic rings. The van der Waals surface area contributed by atoms with E-state index in [1.165, 1.54) is 53.5 Å². The fourth-order valence-electron chi connectivity index (χ4n) is 2.87. The molecule has 0 N–H and O–H groups in total. The smallest absolute Gasteiger partial charge is 0.262 e. The number of benzene rings is 1. The van der Waals surface area contributed by atoms with Crippen molar-refractivity contribution in [1.29, 1.82) is 0 Å². The maximum atomic E-state index is 12.5. The minimum atomic E-state index is -0.160. The second-order valence-corrected chi connectivity index (χ2v) is 7.14. The number of carbonyl (C=O) groups excluding carboxylic acids is 1. The highest BCUT2D eigenvalue weighted by molar-refractivity contribution is 7.16. The van der Waals surface area contributed by atoms with Gasteiger partial charge in [-0.15, -0.1) is 11.3 Å². The SMILES string of the molecule is CCCCCCc1ccc(C(=O)Cn2cnc3sccc3c2=O)cc1. The number of aromatic nitrogens is 2. The molecule has 5 heteroatoms. The molecule has 0 atom stereocenters. The van der Waals surface area contributed by atoms with Crippen LogP contribution in [0.1, 0.15) is 48.5 Å². The first-order valence-electron chi connectivity index (χ1n) is 8.74. The van der Waals surface area contributed by atoms with Gasteiger partial charge < -0.3 is 0 Å². The lowest BCUT2D eigenvalue weighted by molar-refractivity contribution is 0.0970. The third-order valence-electron chi connectivity index (χ3n) is 4.36.